The highest BCUT2D eigenvalue weighted by atomic mass is 32.2. The molecule has 0 aromatic heterocycles. The van der Waals surface area contributed by atoms with Gasteiger partial charge >= 0.3 is 0 Å². The topological polar surface area (TPSA) is 54.4 Å². The van der Waals surface area contributed by atoms with Crippen molar-refractivity contribution in [3.63, 3.8) is 0 Å². The second-order valence-corrected chi connectivity index (χ2v) is 7.33. The largest absolute Gasteiger partial charge is 0.387 e. The molecule has 22 heavy (non-hydrogen) atoms. The number of aryl methyl sites for hydroxylation is 1. The molecule has 2 aromatic rings. The number of hydrogen-bond donors (Lipinski definition) is 1. The van der Waals surface area contributed by atoms with Crippen LogP contribution in [-0.2, 0) is 15.6 Å². The lowest BCUT2D eigenvalue weighted by Gasteiger charge is -2.13. The molecule has 0 heterocycles. The molecule has 1 N–H and O–H groups in total. The zero-order chi connectivity index (χ0) is 16.3. The van der Waals surface area contributed by atoms with Crippen LogP contribution in [0.4, 0.5) is 8.78 Å². The molecule has 0 radical (unpaired) electrons. The summed E-state index contributed by atoms with van der Waals surface area (Å²) in [7, 11) is -3.64. The molecule has 0 aliphatic heterocycles. The molecule has 0 aliphatic carbocycles. The van der Waals surface area contributed by atoms with Crippen molar-refractivity contribution < 1.29 is 22.3 Å². The Morgan fingerprint density at radius 3 is 2.50 bits per heavy atom. The van der Waals surface area contributed by atoms with E-state index in [4.69, 9.17) is 0 Å². The van der Waals surface area contributed by atoms with Crippen molar-refractivity contribution in [1.82, 2.24) is 0 Å². The maximum Gasteiger partial charge on any atom is 0.157 e. The summed E-state index contributed by atoms with van der Waals surface area (Å²) < 4.78 is 50.6. The van der Waals surface area contributed by atoms with Gasteiger partial charge in [-0.3, -0.25) is 0 Å². The van der Waals surface area contributed by atoms with Gasteiger partial charge in [-0.2, -0.15) is 0 Å². The normalized spacial score (nSPS) is 13.1. The quantitative estimate of drug-likeness (QED) is 0.919. The number of aliphatic hydroxyl groups is 1. The lowest BCUT2D eigenvalue weighted by Crippen LogP contribution is -2.17. The first-order valence-corrected chi connectivity index (χ1v) is 8.48. The van der Waals surface area contributed by atoms with Gasteiger partial charge in [0.1, 0.15) is 11.6 Å². The third-order valence-electron chi connectivity index (χ3n) is 3.20. The summed E-state index contributed by atoms with van der Waals surface area (Å²) in [5.41, 5.74) is 1.30. The highest BCUT2D eigenvalue weighted by Gasteiger charge is 2.22. The van der Waals surface area contributed by atoms with Crippen LogP contribution in [0.2, 0.25) is 0 Å². The highest BCUT2D eigenvalue weighted by Crippen LogP contribution is 2.21. The zero-order valence-corrected chi connectivity index (χ0v) is 12.8. The summed E-state index contributed by atoms with van der Waals surface area (Å²) in [6.07, 6.45) is -1.53. The Bertz CT molecular complexity index is 773. The van der Waals surface area contributed by atoms with Gasteiger partial charge in [0.2, 0.25) is 0 Å². The van der Waals surface area contributed by atoms with E-state index >= 15 is 0 Å². The van der Waals surface area contributed by atoms with E-state index in [0.29, 0.717) is 11.6 Å². The van der Waals surface area contributed by atoms with Crippen molar-refractivity contribution in [3.8, 4) is 0 Å². The summed E-state index contributed by atoms with van der Waals surface area (Å²) >= 11 is 0. The minimum atomic E-state index is -3.64. The minimum absolute atomic E-state index is 0.228. The van der Waals surface area contributed by atoms with Gasteiger partial charge in [-0.05, 0) is 18.6 Å². The fourth-order valence-electron chi connectivity index (χ4n) is 2.22. The number of benzene rings is 2. The lowest BCUT2D eigenvalue weighted by molar-refractivity contribution is 0.196. The number of aliphatic hydroxyl groups excluding tert-OH is 1. The zero-order valence-electron chi connectivity index (χ0n) is 12.0. The summed E-state index contributed by atoms with van der Waals surface area (Å²) in [6, 6.07) is 9.66. The van der Waals surface area contributed by atoms with Crippen LogP contribution in [0, 0.1) is 18.6 Å². The van der Waals surface area contributed by atoms with E-state index in [1.54, 1.807) is 18.2 Å². The van der Waals surface area contributed by atoms with Crippen LogP contribution < -0.4 is 0 Å². The second-order valence-electron chi connectivity index (χ2n) is 5.23. The van der Waals surface area contributed by atoms with Crippen molar-refractivity contribution in [2.75, 3.05) is 5.75 Å². The van der Waals surface area contributed by atoms with E-state index in [0.717, 1.165) is 17.7 Å². The van der Waals surface area contributed by atoms with E-state index in [1.165, 1.54) is 0 Å². The fraction of sp³-hybridized carbons (Fsp3) is 0.250. The van der Waals surface area contributed by atoms with Crippen LogP contribution in [0.1, 0.15) is 22.8 Å². The first-order valence-electron chi connectivity index (χ1n) is 6.66. The maximum absolute atomic E-state index is 13.6. The van der Waals surface area contributed by atoms with Gasteiger partial charge < -0.3 is 5.11 Å². The molecule has 1 unspecified atom stereocenters. The monoisotopic (exact) mass is 326 g/mol. The highest BCUT2D eigenvalue weighted by molar-refractivity contribution is 7.90. The molecule has 2 aromatic carbocycles. The fourth-order valence-corrected chi connectivity index (χ4v) is 3.68. The van der Waals surface area contributed by atoms with Gasteiger partial charge in [0.15, 0.2) is 9.84 Å². The standard InChI is InChI=1S/C16H16F2O3S/c1-11-3-2-4-12(7-11)9-22(20,21)10-16(19)14-6-5-13(17)8-15(14)18/h2-8,16,19H,9-10H2,1H3. The molecular formula is C16H16F2O3S. The maximum atomic E-state index is 13.6. The van der Waals surface area contributed by atoms with Crippen LogP contribution in [0.3, 0.4) is 0 Å². The predicted octanol–water partition coefficient (Wildman–Crippen LogP) is 2.92. The first-order chi connectivity index (χ1) is 10.3. The Morgan fingerprint density at radius 2 is 1.86 bits per heavy atom. The third-order valence-corrected chi connectivity index (χ3v) is 4.80. The molecule has 1 atom stereocenters. The molecule has 118 valence electrons. The average Bonchev–Trinajstić information content (AvgIpc) is 2.36. The van der Waals surface area contributed by atoms with E-state index in [2.05, 4.69) is 0 Å². The van der Waals surface area contributed by atoms with Crippen molar-refractivity contribution >= 4 is 9.84 Å². The average molecular weight is 326 g/mol. The first kappa shape index (κ1) is 16.6. The second kappa shape index (κ2) is 6.54. The van der Waals surface area contributed by atoms with Gasteiger partial charge in [0, 0.05) is 11.6 Å². The molecular weight excluding hydrogens is 310 g/mol. The number of halogens is 2. The summed E-state index contributed by atoms with van der Waals surface area (Å²) in [4.78, 5) is 0. The van der Waals surface area contributed by atoms with Crippen molar-refractivity contribution in [3.05, 3.63) is 70.8 Å². The Hall–Kier alpha value is -1.79. The van der Waals surface area contributed by atoms with E-state index < -0.39 is 33.3 Å². The van der Waals surface area contributed by atoms with E-state index in [-0.39, 0.29) is 11.3 Å². The van der Waals surface area contributed by atoms with Crippen molar-refractivity contribution in [2.24, 2.45) is 0 Å². The SMILES string of the molecule is Cc1cccc(CS(=O)(=O)CC(O)c2ccc(F)cc2F)c1. The van der Waals surface area contributed by atoms with E-state index in [9.17, 15) is 22.3 Å². The summed E-state index contributed by atoms with van der Waals surface area (Å²) in [5.74, 6) is -2.60. The van der Waals surface area contributed by atoms with Crippen molar-refractivity contribution in [1.29, 1.82) is 0 Å². The molecule has 0 spiro atoms. The van der Waals surface area contributed by atoms with Gasteiger partial charge in [-0.15, -0.1) is 0 Å². The van der Waals surface area contributed by atoms with Gasteiger partial charge in [0.25, 0.3) is 0 Å². The van der Waals surface area contributed by atoms with Gasteiger partial charge in [-0.25, -0.2) is 17.2 Å². The lowest BCUT2D eigenvalue weighted by atomic mass is 10.1. The number of sulfone groups is 1. The Balaban J connectivity index is 2.14. The summed E-state index contributed by atoms with van der Waals surface area (Å²) in [5, 5.41) is 9.92. The molecule has 0 bridgehead atoms. The predicted molar refractivity (Wildman–Crippen MR) is 80.0 cm³/mol. The summed E-state index contributed by atoms with van der Waals surface area (Å²) in [6.45, 7) is 1.85. The molecule has 0 fully saturated rings. The molecule has 2 rings (SSSR count). The number of hydrogen-bond acceptors (Lipinski definition) is 3. The van der Waals surface area contributed by atoms with Gasteiger partial charge in [-0.1, -0.05) is 35.9 Å². The molecule has 0 saturated heterocycles. The minimum Gasteiger partial charge on any atom is -0.387 e. The smallest absolute Gasteiger partial charge is 0.157 e. The van der Waals surface area contributed by atoms with Crippen LogP contribution in [-0.4, -0.2) is 19.3 Å². The van der Waals surface area contributed by atoms with Crippen LogP contribution in [0.25, 0.3) is 0 Å². The van der Waals surface area contributed by atoms with Crippen LogP contribution in [0.15, 0.2) is 42.5 Å². The van der Waals surface area contributed by atoms with E-state index in [1.807, 2.05) is 13.0 Å². The Morgan fingerprint density at radius 1 is 1.14 bits per heavy atom. The van der Waals surface area contributed by atoms with Gasteiger partial charge in [0.05, 0.1) is 17.6 Å². The van der Waals surface area contributed by atoms with Crippen molar-refractivity contribution in [2.45, 2.75) is 18.8 Å². The third kappa shape index (κ3) is 4.35. The molecule has 0 saturated carbocycles. The molecule has 0 amide bonds. The Kier molecular flexibility index (Phi) is 4.93. The Labute approximate surface area is 128 Å². The molecule has 3 nitrogen and oxygen atoms in total. The van der Waals surface area contributed by atoms with Crippen LogP contribution in [0.5, 0.6) is 0 Å². The molecule has 0 aliphatic rings. The van der Waals surface area contributed by atoms with Crippen LogP contribution >= 0.6 is 0 Å². The molecule has 6 heteroatoms. The number of rotatable bonds is 5.